The van der Waals surface area contributed by atoms with E-state index in [1.165, 1.54) is 250 Å². The van der Waals surface area contributed by atoms with Crippen LogP contribution in [0.2, 0.25) is 0 Å². The van der Waals surface area contributed by atoms with Crippen molar-refractivity contribution >= 4 is 11.9 Å². The van der Waals surface area contributed by atoms with Gasteiger partial charge in [-0.2, -0.15) is 0 Å². The Morgan fingerprint density at radius 2 is 0.812 bits per heavy atom. The van der Waals surface area contributed by atoms with Crippen LogP contribution in [0.25, 0.3) is 0 Å². The molecule has 6 N–H and O–H groups in total. The summed E-state index contributed by atoms with van der Waals surface area (Å²) in [7, 11) is 0. The largest absolute Gasteiger partial charge is 0.454 e. The molecule has 1 aliphatic heterocycles. The number of rotatable bonds is 64. The second kappa shape index (κ2) is 62.1. The van der Waals surface area contributed by atoms with Gasteiger partial charge in [-0.15, -0.1) is 0 Å². The van der Waals surface area contributed by atoms with Gasteiger partial charge in [0.05, 0.1) is 25.4 Å². The van der Waals surface area contributed by atoms with E-state index in [1.807, 2.05) is 6.08 Å². The highest BCUT2D eigenvalue weighted by Gasteiger charge is 2.47. The van der Waals surface area contributed by atoms with Crippen molar-refractivity contribution < 1.29 is 49.3 Å². The lowest BCUT2D eigenvalue weighted by atomic mass is 9.99. The zero-order valence-corrected chi connectivity index (χ0v) is 55.8. The summed E-state index contributed by atoms with van der Waals surface area (Å²) < 4.78 is 17.7. The zero-order valence-electron chi connectivity index (χ0n) is 55.8. The first-order chi connectivity index (χ1) is 41.7. The standard InChI is InChI=1S/C74H139NO10/c1-4-7-10-13-16-19-22-25-27-29-31-33-34-35-37-39-41-44-47-50-53-56-59-62-69(79)85-72-71(81)70(80)68(63-76)84-74(72)83-64-65(66(77)60-57-54-51-48-45-42-24-21-18-15-12-9-6-3)75-73(82)67(78)61-58-55-52-49-46-43-40-38-36-32-30-28-26-23-20-17-14-11-8-5-2/h16,19,25,27,57,60,65-68,70-72,74,76-78,80-81H,4-15,17-18,20-24,26,28-56,58-59,61-64H2,1-3H3,(H,75,82)/b19-16-,27-25-,60-57+. The predicted molar refractivity (Wildman–Crippen MR) is 357 cm³/mol. The number of allylic oxidation sites excluding steroid dienone is 5. The Morgan fingerprint density at radius 3 is 1.22 bits per heavy atom. The Kier molecular flexibility index (Phi) is 59.1. The summed E-state index contributed by atoms with van der Waals surface area (Å²) in [4.78, 5) is 26.7. The van der Waals surface area contributed by atoms with E-state index >= 15 is 0 Å². The first-order valence-electron chi connectivity index (χ1n) is 36.8. The van der Waals surface area contributed by atoms with Crippen LogP contribution in [0.1, 0.15) is 361 Å². The molecule has 1 fully saturated rings. The Labute approximate surface area is 523 Å². The van der Waals surface area contributed by atoms with Crippen LogP contribution in [0.4, 0.5) is 0 Å². The SMILES string of the molecule is CCCCC/C=C\C/C=C\CCCCCCCCCCCCCCCC(=O)OC1C(OCC(NC(=O)C(O)CCCCCCCCCCCCCCCCCCCCCC)C(O)/C=C/CCCCCCCCCCCCC)OC(CO)C(O)C1O. The molecule has 11 nitrogen and oxygen atoms in total. The van der Waals surface area contributed by atoms with E-state index in [0.717, 1.165) is 64.2 Å². The number of hydrogen-bond acceptors (Lipinski definition) is 10. The van der Waals surface area contributed by atoms with E-state index in [0.29, 0.717) is 19.3 Å². The Hall–Kier alpha value is -2.12. The minimum Gasteiger partial charge on any atom is -0.454 e. The fraction of sp³-hybridized carbons (Fsp3) is 0.892. The fourth-order valence-electron chi connectivity index (χ4n) is 11.7. The highest BCUT2D eigenvalue weighted by Crippen LogP contribution is 2.27. The van der Waals surface area contributed by atoms with Gasteiger partial charge in [-0.05, 0) is 57.8 Å². The molecule has 0 spiro atoms. The molecule has 1 amide bonds. The highest BCUT2D eigenvalue weighted by molar-refractivity contribution is 5.80. The number of hydrogen-bond donors (Lipinski definition) is 6. The van der Waals surface area contributed by atoms with Crippen molar-refractivity contribution in [1.29, 1.82) is 0 Å². The van der Waals surface area contributed by atoms with Crippen LogP contribution < -0.4 is 5.32 Å². The summed E-state index contributed by atoms with van der Waals surface area (Å²) in [5, 5.41) is 57.3. The van der Waals surface area contributed by atoms with E-state index < -0.39 is 67.4 Å². The first kappa shape index (κ1) is 80.9. The quantitative estimate of drug-likeness (QED) is 0.0195. The van der Waals surface area contributed by atoms with Crippen molar-refractivity contribution in [2.75, 3.05) is 13.2 Å². The summed E-state index contributed by atoms with van der Waals surface area (Å²) in [6.45, 7) is 5.83. The smallest absolute Gasteiger partial charge is 0.306 e. The normalized spacial score (nSPS) is 18.5. The Morgan fingerprint density at radius 1 is 0.459 bits per heavy atom. The van der Waals surface area contributed by atoms with E-state index in [1.54, 1.807) is 6.08 Å². The molecule has 8 unspecified atom stereocenters. The molecule has 0 saturated carbocycles. The Balaban J connectivity index is 2.56. The molecular formula is C74H139NO10. The predicted octanol–water partition coefficient (Wildman–Crippen LogP) is 19.0. The molecule has 500 valence electrons. The van der Waals surface area contributed by atoms with Gasteiger partial charge in [0.25, 0.3) is 0 Å². The molecule has 1 heterocycles. The molecule has 0 radical (unpaired) electrons. The molecule has 1 saturated heterocycles. The third kappa shape index (κ3) is 49.4. The zero-order chi connectivity index (χ0) is 61.7. The number of ether oxygens (including phenoxy) is 3. The van der Waals surface area contributed by atoms with Crippen LogP contribution in [0.15, 0.2) is 36.5 Å². The molecular weight excluding hydrogens is 1060 g/mol. The average Bonchev–Trinajstić information content (AvgIpc) is 2.49. The van der Waals surface area contributed by atoms with Crippen LogP contribution >= 0.6 is 0 Å². The second-order valence-corrected chi connectivity index (χ2v) is 25.7. The van der Waals surface area contributed by atoms with E-state index in [-0.39, 0.29) is 13.0 Å². The first-order valence-corrected chi connectivity index (χ1v) is 36.8. The third-order valence-corrected chi connectivity index (χ3v) is 17.5. The van der Waals surface area contributed by atoms with Gasteiger partial charge in [0.2, 0.25) is 5.91 Å². The van der Waals surface area contributed by atoms with Gasteiger partial charge in [0.1, 0.15) is 24.4 Å². The maximum atomic E-state index is 13.5. The highest BCUT2D eigenvalue weighted by atomic mass is 16.7. The lowest BCUT2D eigenvalue weighted by Crippen LogP contribution is -2.61. The summed E-state index contributed by atoms with van der Waals surface area (Å²) in [6, 6.07) is -1.02. The number of esters is 1. The van der Waals surface area contributed by atoms with Crippen molar-refractivity contribution in [2.45, 2.75) is 410 Å². The van der Waals surface area contributed by atoms with Gasteiger partial charge >= 0.3 is 5.97 Å². The number of aliphatic hydroxyl groups excluding tert-OH is 5. The van der Waals surface area contributed by atoms with E-state index in [4.69, 9.17) is 14.2 Å². The minimum atomic E-state index is -1.61. The van der Waals surface area contributed by atoms with Crippen molar-refractivity contribution in [3.05, 3.63) is 36.5 Å². The minimum absolute atomic E-state index is 0.126. The van der Waals surface area contributed by atoms with E-state index in [2.05, 4.69) is 50.4 Å². The van der Waals surface area contributed by atoms with Gasteiger partial charge in [-0.1, -0.05) is 333 Å². The van der Waals surface area contributed by atoms with Crippen molar-refractivity contribution in [3.8, 4) is 0 Å². The summed E-state index contributed by atoms with van der Waals surface area (Å²) in [5.74, 6) is -1.18. The van der Waals surface area contributed by atoms with Gasteiger partial charge in [-0.3, -0.25) is 9.59 Å². The van der Waals surface area contributed by atoms with Crippen LogP contribution in [-0.2, 0) is 23.8 Å². The molecule has 0 aromatic carbocycles. The molecule has 0 bridgehead atoms. The molecule has 85 heavy (non-hydrogen) atoms. The number of aliphatic hydroxyl groups is 5. The van der Waals surface area contributed by atoms with E-state index in [9.17, 15) is 35.1 Å². The summed E-state index contributed by atoms with van der Waals surface area (Å²) in [6.07, 6.45) is 66.1. The number of carbonyl (C=O) groups excluding carboxylic acids is 2. The lowest BCUT2D eigenvalue weighted by Gasteiger charge is -2.41. The number of amides is 1. The maximum Gasteiger partial charge on any atom is 0.306 e. The van der Waals surface area contributed by atoms with Gasteiger partial charge in [0.15, 0.2) is 12.4 Å². The van der Waals surface area contributed by atoms with Crippen molar-refractivity contribution in [3.63, 3.8) is 0 Å². The van der Waals surface area contributed by atoms with Crippen LogP contribution in [-0.4, -0.2) is 99.6 Å². The number of nitrogens with one attached hydrogen (secondary N) is 1. The third-order valence-electron chi connectivity index (χ3n) is 17.5. The van der Waals surface area contributed by atoms with Crippen LogP contribution in [0, 0.1) is 0 Å². The average molecular weight is 1200 g/mol. The molecule has 1 aliphatic rings. The molecule has 11 heteroatoms. The topological polar surface area (TPSA) is 175 Å². The second-order valence-electron chi connectivity index (χ2n) is 25.7. The molecule has 0 aromatic rings. The summed E-state index contributed by atoms with van der Waals surface area (Å²) in [5.41, 5.74) is 0. The number of unbranched alkanes of at least 4 members (excludes halogenated alkanes) is 46. The number of carbonyl (C=O) groups is 2. The Bertz CT molecular complexity index is 1520. The monoisotopic (exact) mass is 1200 g/mol. The van der Waals surface area contributed by atoms with Gasteiger partial charge < -0.3 is 45.1 Å². The van der Waals surface area contributed by atoms with Crippen LogP contribution in [0.3, 0.4) is 0 Å². The van der Waals surface area contributed by atoms with Crippen LogP contribution in [0.5, 0.6) is 0 Å². The van der Waals surface area contributed by atoms with Crippen molar-refractivity contribution in [1.82, 2.24) is 5.32 Å². The lowest BCUT2D eigenvalue weighted by molar-refractivity contribution is -0.305. The molecule has 8 atom stereocenters. The van der Waals surface area contributed by atoms with Crippen molar-refractivity contribution in [2.24, 2.45) is 0 Å². The fourth-order valence-corrected chi connectivity index (χ4v) is 11.7. The summed E-state index contributed by atoms with van der Waals surface area (Å²) >= 11 is 0. The molecule has 0 aromatic heterocycles. The van der Waals surface area contributed by atoms with Gasteiger partial charge in [-0.25, -0.2) is 0 Å². The van der Waals surface area contributed by atoms with Gasteiger partial charge in [0, 0.05) is 6.42 Å². The maximum absolute atomic E-state index is 13.5. The molecule has 1 rings (SSSR count). The molecule has 0 aliphatic carbocycles.